The summed E-state index contributed by atoms with van der Waals surface area (Å²) in [5, 5.41) is 9.45. The third-order valence-electron chi connectivity index (χ3n) is 6.02. The number of nitrogens with zero attached hydrogens (tertiary/aromatic N) is 4. The van der Waals surface area contributed by atoms with Crippen molar-refractivity contribution in [2.24, 2.45) is 11.8 Å². The summed E-state index contributed by atoms with van der Waals surface area (Å²) in [6, 6.07) is 7.73. The van der Waals surface area contributed by atoms with Crippen molar-refractivity contribution in [1.82, 2.24) is 25.0 Å². The van der Waals surface area contributed by atoms with Gasteiger partial charge in [0.05, 0.1) is 6.04 Å². The number of anilines is 1. The molecule has 0 bridgehead atoms. The Labute approximate surface area is 188 Å². The van der Waals surface area contributed by atoms with E-state index in [0.29, 0.717) is 5.92 Å². The van der Waals surface area contributed by atoms with E-state index in [1.807, 2.05) is 31.2 Å². The molecular weight excluding hydrogens is 408 g/mol. The number of amides is 3. The molecule has 1 saturated carbocycles. The first-order chi connectivity index (χ1) is 15.2. The van der Waals surface area contributed by atoms with Crippen molar-refractivity contribution < 1.29 is 14.4 Å². The van der Waals surface area contributed by atoms with E-state index in [4.69, 9.17) is 0 Å². The van der Waals surface area contributed by atoms with Gasteiger partial charge in [-0.25, -0.2) is 9.67 Å². The molecule has 1 aromatic heterocycles. The highest BCUT2D eigenvalue weighted by atomic mass is 16.2. The summed E-state index contributed by atoms with van der Waals surface area (Å²) >= 11 is 0. The molecule has 0 radical (unpaired) electrons. The second-order valence-electron chi connectivity index (χ2n) is 8.85. The molecule has 1 aliphatic carbocycles. The third kappa shape index (κ3) is 5.93. The van der Waals surface area contributed by atoms with E-state index in [2.05, 4.69) is 27.6 Å². The van der Waals surface area contributed by atoms with Crippen molar-refractivity contribution in [3.63, 3.8) is 0 Å². The van der Waals surface area contributed by atoms with Gasteiger partial charge in [0.1, 0.15) is 12.9 Å². The Morgan fingerprint density at radius 3 is 2.62 bits per heavy atom. The summed E-state index contributed by atoms with van der Waals surface area (Å²) in [5.74, 6) is -0.875. The molecule has 1 aromatic carbocycles. The largest absolute Gasteiger partial charge is 0.347 e. The summed E-state index contributed by atoms with van der Waals surface area (Å²) in [7, 11) is 3.29. The zero-order valence-corrected chi connectivity index (χ0v) is 19.2. The van der Waals surface area contributed by atoms with Gasteiger partial charge < -0.3 is 10.2 Å². The van der Waals surface area contributed by atoms with Gasteiger partial charge in [0.25, 0.3) is 0 Å². The van der Waals surface area contributed by atoms with E-state index in [0.717, 1.165) is 30.4 Å². The molecule has 0 unspecified atom stereocenters. The van der Waals surface area contributed by atoms with Gasteiger partial charge in [-0.2, -0.15) is 0 Å². The van der Waals surface area contributed by atoms with Crippen LogP contribution in [0.1, 0.15) is 49.8 Å². The maximum atomic E-state index is 12.8. The molecule has 2 N–H and O–H groups in total. The lowest BCUT2D eigenvalue weighted by atomic mass is 9.76. The normalized spacial score (nSPS) is 19.1. The van der Waals surface area contributed by atoms with E-state index in [9.17, 15) is 14.4 Å². The minimum atomic E-state index is -0.830. The van der Waals surface area contributed by atoms with Crippen LogP contribution in [0.25, 0.3) is 0 Å². The van der Waals surface area contributed by atoms with Crippen LogP contribution in [0.4, 0.5) is 5.95 Å². The van der Waals surface area contributed by atoms with Crippen LogP contribution in [0.3, 0.4) is 0 Å². The van der Waals surface area contributed by atoms with E-state index in [1.54, 1.807) is 14.1 Å². The van der Waals surface area contributed by atoms with Crippen molar-refractivity contribution in [1.29, 1.82) is 0 Å². The van der Waals surface area contributed by atoms with Crippen molar-refractivity contribution in [3.05, 3.63) is 41.7 Å². The van der Waals surface area contributed by atoms with E-state index >= 15 is 0 Å². The Kier molecular flexibility index (Phi) is 7.61. The SMILES string of the molecule is Cc1ccccc1[C@H](NC(=O)C(=O)Nc1ncn(CC(=O)N(C)C)n1)[C@H]1CCC[C@H](C)C1. The van der Waals surface area contributed by atoms with Crippen LogP contribution in [0.2, 0.25) is 0 Å². The lowest BCUT2D eigenvalue weighted by Crippen LogP contribution is -2.41. The van der Waals surface area contributed by atoms with Gasteiger partial charge in [-0.1, -0.05) is 44.0 Å². The summed E-state index contributed by atoms with van der Waals surface area (Å²) < 4.78 is 1.31. The van der Waals surface area contributed by atoms with Crippen molar-refractivity contribution in [2.75, 3.05) is 19.4 Å². The van der Waals surface area contributed by atoms with E-state index in [1.165, 1.54) is 22.3 Å². The molecule has 3 amide bonds. The molecule has 1 fully saturated rings. The van der Waals surface area contributed by atoms with Crippen LogP contribution in [0.15, 0.2) is 30.6 Å². The molecule has 1 aliphatic rings. The molecule has 0 spiro atoms. The van der Waals surface area contributed by atoms with Crippen LogP contribution in [0.5, 0.6) is 0 Å². The first-order valence-electron chi connectivity index (χ1n) is 11.0. The van der Waals surface area contributed by atoms with Gasteiger partial charge in [0.2, 0.25) is 11.9 Å². The topological polar surface area (TPSA) is 109 Å². The number of hydrogen-bond donors (Lipinski definition) is 2. The Morgan fingerprint density at radius 2 is 1.94 bits per heavy atom. The number of rotatable bonds is 6. The average Bonchev–Trinajstić information content (AvgIpc) is 3.19. The first kappa shape index (κ1) is 23.4. The molecule has 3 atom stereocenters. The van der Waals surface area contributed by atoms with Gasteiger partial charge in [-0.05, 0) is 42.7 Å². The van der Waals surface area contributed by atoms with Crippen molar-refractivity contribution in [3.8, 4) is 0 Å². The summed E-state index contributed by atoms with van der Waals surface area (Å²) in [6.45, 7) is 4.25. The highest BCUT2D eigenvalue weighted by molar-refractivity contribution is 6.39. The summed E-state index contributed by atoms with van der Waals surface area (Å²) in [4.78, 5) is 42.6. The highest BCUT2D eigenvalue weighted by Gasteiger charge is 2.31. The number of hydrogen-bond acceptors (Lipinski definition) is 5. The maximum absolute atomic E-state index is 12.8. The lowest BCUT2D eigenvalue weighted by molar-refractivity contribution is -0.137. The molecular formula is C23H32N6O3. The summed E-state index contributed by atoms with van der Waals surface area (Å²) in [6.07, 6.45) is 5.66. The standard InChI is InChI=1S/C23H32N6O3/c1-15-8-7-10-17(12-15)20(18-11-6-5-9-16(18)2)25-21(31)22(32)26-23-24-14-29(27-23)13-19(30)28(3)4/h5-6,9,11,14-15,17,20H,7-8,10,12-13H2,1-4H3,(H,25,31)(H,26,27,32)/t15-,17-,20+/m0/s1. The molecule has 1 heterocycles. The van der Waals surface area contributed by atoms with Gasteiger partial charge in [-0.3, -0.25) is 19.7 Å². The van der Waals surface area contributed by atoms with Gasteiger partial charge in [0, 0.05) is 14.1 Å². The smallest absolute Gasteiger partial charge is 0.316 e. The number of likely N-dealkylation sites (N-methyl/N-ethyl adjacent to an activating group) is 1. The van der Waals surface area contributed by atoms with Gasteiger partial charge >= 0.3 is 11.8 Å². The van der Waals surface area contributed by atoms with Crippen molar-refractivity contribution in [2.45, 2.75) is 52.1 Å². The molecule has 0 aliphatic heterocycles. The number of carbonyl (C=O) groups excluding carboxylic acids is 3. The molecule has 9 heteroatoms. The predicted molar refractivity (Wildman–Crippen MR) is 121 cm³/mol. The van der Waals surface area contributed by atoms with Gasteiger partial charge in [0.15, 0.2) is 0 Å². The first-order valence-corrected chi connectivity index (χ1v) is 11.0. The van der Waals surface area contributed by atoms with Gasteiger partial charge in [-0.15, -0.1) is 5.10 Å². The summed E-state index contributed by atoms with van der Waals surface area (Å²) in [5.41, 5.74) is 2.12. The fourth-order valence-corrected chi connectivity index (χ4v) is 4.24. The van der Waals surface area contributed by atoms with E-state index in [-0.39, 0.29) is 30.4 Å². The Hall–Kier alpha value is -3.23. The fraction of sp³-hybridized carbons (Fsp3) is 0.522. The van der Waals surface area contributed by atoms with E-state index < -0.39 is 11.8 Å². The lowest BCUT2D eigenvalue weighted by Gasteiger charge is -2.34. The minimum Gasteiger partial charge on any atom is -0.347 e. The maximum Gasteiger partial charge on any atom is 0.316 e. The number of aryl methyl sites for hydroxylation is 1. The number of nitrogens with one attached hydrogen (secondary N) is 2. The molecule has 32 heavy (non-hydrogen) atoms. The molecule has 9 nitrogen and oxygen atoms in total. The number of aromatic nitrogens is 3. The molecule has 0 saturated heterocycles. The molecule has 3 rings (SSSR count). The van der Waals surface area contributed by atoms with Crippen LogP contribution in [-0.2, 0) is 20.9 Å². The fourth-order valence-electron chi connectivity index (χ4n) is 4.24. The highest BCUT2D eigenvalue weighted by Crippen LogP contribution is 2.38. The minimum absolute atomic E-state index is 0.00269. The quantitative estimate of drug-likeness (QED) is 0.670. The number of carbonyl (C=O) groups is 3. The van der Waals surface area contributed by atoms with Crippen molar-refractivity contribution >= 4 is 23.7 Å². The average molecular weight is 441 g/mol. The van der Waals surface area contributed by atoms with Crippen LogP contribution >= 0.6 is 0 Å². The monoisotopic (exact) mass is 440 g/mol. The van der Waals surface area contributed by atoms with Crippen LogP contribution < -0.4 is 10.6 Å². The Balaban J connectivity index is 1.69. The molecule has 172 valence electrons. The zero-order valence-electron chi connectivity index (χ0n) is 19.2. The van der Waals surface area contributed by atoms with Crippen LogP contribution in [-0.4, -0.2) is 51.5 Å². The van der Waals surface area contributed by atoms with Crippen LogP contribution in [0, 0.1) is 18.8 Å². The Morgan fingerprint density at radius 1 is 1.19 bits per heavy atom. The predicted octanol–water partition coefficient (Wildman–Crippen LogP) is 2.30. The second kappa shape index (κ2) is 10.4. The Bertz CT molecular complexity index is 970. The molecule has 2 aromatic rings. The second-order valence-corrected chi connectivity index (χ2v) is 8.85. The zero-order chi connectivity index (χ0) is 23.3. The number of benzene rings is 1. The third-order valence-corrected chi connectivity index (χ3v) is 6.02.